The van der Waals surface area contributed by atoms with Gasteiger partial charge in [0.25, 0.3) is 5.91 Å². The molecule has 0 bridgehead atoms. The summed E-state index contributed by atoms with van der Waals surface area (Å²) >= 11 is 0. The van der Waals surface area contributed by atoms with Crippen LogP contribution >= 0.6 is 0 Å². The Morgan fingerprint density at radius 2 is 0.957 bits per heavy atom. The highest BCUT2D eigenvalue weighted by molar-refractivity contribution is 6.17. The van der Waals surface area contributed by atoms with Crippen LogP contribution in [0.1, 0.15) is 31.8 Å². The Labute approximate surface area is 258 Å². The molecule has 0 aliphatic heterocycles. The van der Waals surface area contributed by atoms with E-state index in [0.29, 0.717) is 21.7 Å². The van der Waals surface area contributed by atoms with Crippen molar-refractivity contribution in [3.8, 4) is 11.1 Å². The summed E-state index contributed by atoms with van der Waals surface area (Å²) in [6, 6.07) is 28.6. The molecule has 10 heteroatoms. The van der Waals surface area contributed by atoms with Gasteiger partial charge in [0.05, 0.1) is 11.1 Å². The average Bonchev–Trinajstić information content (AvgIpc) is 3.03. The molecule has 0 saturated heterocycles. The second-order valence-electron chi connectivity index (χ2n) is 10.6. The highest BCUT2D eigenvalue weighted by Crippen LogP contribution is 2.38. The van der Waals surface area contributed by atoms with Gasteiger partial charge in [-0.1, -0.05) is 60.7 Å². The van der Waals surface area contributed by atoms with E-state index in [0.717, 1.165) is 57.8 Å². The van der Waals surface area contributed by atoms with Gasteiger partial charge < -0.3 is 5.73 Å². The normalized spacial score (nSPS) is 12.0. The maximum atomic E-state index is 14.2. The fourth-order valence-corrected chi connectivity index (χ4v) is 5.47. The number of nitrogens with two attached hydrogens (primary N) is 1. The van der Waals surface area contributed by atoms with Gasteiger partial charge in [0.15, 0.2) is 0 Å². The zero-order valence-corrected chi connectivity index (χ0v) is 23.7. The van der Waals surface area contributed by atoms with E-state index in [2.05, 4.69) is 0 Å². The molecule has 0 unspecified atom stereocenters. The molecule has 4 nitrogen and oxygen atoms in total. The molecule has 6 aromatic rings. The molecule has 0 atom stereocenters. The van der Waals surface area contributed by atoms with Crippen LogP contribution in [0.5, 0.6) is 0 Å². The molecule has 0 heterocycles. The van der Waals surface area contributed by atoms with Crippen LogP contribution in [0.4, 0.5) is 37.7 Å². The lowest BCUT2D eigenvalue weighted by Gasteiger charge is -2.25. The van der Waals surface area contributed by atoms with Gasteiger partial charge in [0, 0.05) is 22.5 Å². The van der Waals surface area contributed by atoms with Gasteiger partial charge in [-0.15, -0.1) is 0 Å². The molecule has 6 aromatic carbocycles. The monoisotopic (exact) mass is 628 g/mol. The fourth-order valence-electron chi connectivity index (χ4n) is 5.47. The zero-order chi connectivity index (χ0) is 32.8. The number of hydrogen-bond donors (Lipinski definition) is 1. The predicted molar refractivity (Wildman–Crippen MR) is 165 cm³/mol. The van der Waals surface area contributed by atoms with Crippen LogP contribution in [0.15, 0.2) is 121 Å². The molecule has 0 aliphatic rings. The lowest BCUT2D eigenvalue weighted by atomic mass is 9.95. The molecule has 0 radical (unpaired) electrons. The summed E-state index contributed by atoms with van der Waals surface area (Å²) in [5, 5.41) is 2.53. The van der Waals surface area contributed by atoms with E-state index in [9.17, 15) is 35.9 Å². The van der Waals surface area contributed by atoms with Crippen molar-refractivity contribution < 1.29 is 35.9 Å². The molecule has 0 spiro atoms. The lowest BCUT2D eigenvalue weighted by Crippen LogP contribution is -2.27. The Balaban J connectivity index is 1.46. The Morgan fingerprint density at radius 3 is 1.41 bits per heavy atom. The second kappa shape index (κ2) is 11.4. The number of anilines is 2. The van der Waals surface area contributed by atoms with Gasteiger partial charge in [-0.05, 0) is 93.3 Å². The zero-order valence-electron chi connectivity index (χ0n) is 23.7. The van der Waals surface area contributed by atoms with Crippen molar-refractivity contribution in [2.45, 2.75) is 12.4 Å². The third-order valence-corrected chi connectivity index (χ3v) is 7.66. The molecule has 0 fully saturated rings. The minimum absolute atomic E-state index is 0.0727. The van der Waals surface area contributed by atoms with Crippen LogP contribution in [-0.4, -0.2) is 11.8 Å². The van der Waals surface area contributed by atoms with E-state index in [1.54, 1.807) is 42.5 Å². The lowest BCUT2D eigenvalue weighted by molar-refractivity contribution is -0.138. The summed E-state index contributed by atoms with van der Waals surface area (Å²) < 4.78 is 81.8. The molecule has 2 amide bonds. The van der Waals surface area contributed by atoms with Crippen molar-refractivity contribution in [3.05, 3.63) is 144 Å². The quantitative estimate of drug-likeness (QED) is 0.193. The van der Waals surface area contributed by atoms with Crippen molar-refractivity contribution in [1.29, 1.82) is 0 Å². The van der Waals surface area contributed by atoms with Crippen LogP contribution in [0, 0.1) is 0 Å². The van der Waals surface area contributed by atoms with E-state index in [4.69, 9.17) is 5.73 Å². The average molecular weight is 629 g/mol. The first-order valence-electron chi connectivity index (χ1n) is 13.9. The molecular formula is C36H22F6N2O2. The summed E-state index contributed by atoms with van der Waals surface area (Å²) in [5.74, 6) is -1.37. The van der Waals surface area contributed by atoms with Crippen molar-refractivity contribution in [1.82, 2.24) is 0 Å². The van der Waals surface area contributed by atoms with E-state index in [-0.39, 0.29) is 16.9 Å². The number of benzene rings is 6. The van der Waals surface area contributed by atoms with Gasteiger partial charge in [-0.25, -0.2) is 0 Å². The number of carbonyl (C=O) groups excluding carboxylic acids is 2. The van der Waals surface area contributed by atoms with Crippen molar-refractivity contribution >= 4 is 44.7 Å². The van der Waals surface area contributed by atoms with Gasteiger partial charge in [-0.2, -0.15) is 26.3 Å². The molecule has 46 heavy (non-hydrogen) atoms. The smallest absolute Gasteiger partial charge is 0.366 e. The van der Waals surface area contributed by atoms with Crippen LogP contribution in [-0.2, 0) is 12.4 Å². The first-order chi connectivity index (χ1) is 21.8. The molecule has 0 saturated carbocycles. The topological polar surface area (TPSA) is 63.4 Å². The van der Waals surface area contributed by atoms with Gasteiger partial charge >= 0.3 is 12.4 Å². The molecule has 0 aromatic heterocycles. The summed E-state index contributed by atoms with van der Waals surface area (Å²) in [7, 11) is 0. The number of primary amides is 1. The van der Waals surface area contributed by atoms with Crippen LogP contribution < -0.4 is 10.6 Å². The summed E-state index contributed by atoms with van der Waals surface area (Å²) in [6.07, 6.45) is -9.50. The van der Waals surface area contributed by atoms with E-state index >= 15 is 0 Å². The minimum atomic E-state index is -4.75. The Morgan fingerprint density at radius 1 is 0.522 bits per heavy atom. The van der Waals surface area contributed by atoms with E-state index in [1.165, 1.54) is 18.2 Å². The summed E-state index contributed by atoms with van der Waals surface area (Å²) in [4.78, 5) is 26.9. The molecule has 230 valence electrons. The maximum Gasteiger partial charge on any atom is 0.416 e. The summed E-state index contributed by atoms with van der Waals surface area (Å²) in [5.41, 5.74) is 4.93. The summed E-state index contributed by atoms with van der Waals surface area (Å²) in [6.45, 7) is 0. The van der Waals surface area contributed by atoms with Gasteiger partial charge in [-0.3, -0.25) is 14.5 Å². The maximum absolute atomic E-state index is 14.2. The Kier molecular flexibility index (Phi) is 7.51. The first kappa shape index (κ1) is 30.4. The minimum Gasteiger partial charge on any atom is -0.366 e. The molecule has 2 N–H and O–H groups in total. The Bertz CT molecular complexity index is 2100. The molecule has 0 aliphatic carbocycles. The number of hydrogen-bond acceptors (Lipinski definition) is 2. The number of alkyl halides is 6. The number of nitrogens with zero attached hydrogens (tertiary/aromatic N) is 1. The second-order valence-corrected chi connectivity index (χ2v) is 10.6. The third kappa shape index (κ3) is 5.77. The van der Waals surface area contributed by atoms with E-state index in [1.807, 2.05) is 24.3 Å². The number of amides is 2. The number of carbonyl (C=O) groups is 2. The fraction of sp³-hybridized carbons (Fsp3) is 0.0556. The van der Waals surface area contributed by atoms with E-state index < -0.39 is 35.3 Å². The van der Waals surface area contributed by atoms with Gasteiger partial charge in [0.1, 0.15) is 0 Å². The SMILES string of the molecule is NC(=O)c1cccc2cc(-c3ccc4c(C(=O)N(c5cccc(C(F)(F)F)c5)c5cccc(C(F)(F)F)c5)cccc4c3)ccc12. The molecular weight excluding hydrogens is 606 g/mol. The number of halogens is 6. The first-order valence-corrected chi connectivity index (χ1v) is 13.9. The number of rotatable bonds is 5. The number of fused-ring (bicyclic) bond motifs is 2. The Hall–Kier alpha value is -5.64. The van der Waals surface area contributed by atoms with Gasteiger partial charge in [0.2, 0.25) is 5.91 Å². The van der Waals surface area contributed by atoms with Crippen molar-refractivity contribution in [2.75, 3.05) is 4.90 Å². The van der Waals surface area contributed by atoms with Crippen LogP contribution in [0.3, 0.4) is 0 Å². The highest BCUT2D eigenvalue weighted by atomic mass is 19.4. The standard InChI is InChI=1S/C36H22F6N2O2/c37-35(38,39)25-7-3-9-27(19-25)44(28-10-4-8-26(20-28)36(40,41)42)34(46)32-12-2-6-24-18-22(14-16-30(24)32)21-13-15-29-23(17-21)5-1-11-31(29)33(43)45/h1-20H,(H2,43,45). The largest absolute Gasteiger partial charge is 0.416 e. The van der Waals surface area contributed by atoms with Crippen molar-refractivity contribution in [2.24, 2.45) is 5.73 Å². The molecule has 6 rings (SSSR count). The van der Waals surface area contributed by atoms with Crippen molar-refractivity contribution in [3.63, 3.8) is 0 Å². The van der Waals surface area contributed by atoms with Crippen LogP contribution in [0.25, 0.3) is 32.7 Å². The van der Waals surface area contributed by atoms with Crippen LogP contribution in [0.2, 0.25) is 0 Å². The third-order valence-electron chi connectivity index (χ3n) is 7.66. The predicted octanol–water partition coefficient (Wildman–Crippen LogP) is 9.77. The highest BCUT2D eigenvalue weighted by Gasteiger charge is 2.34.